The third-order valence-corrected chi connectivity index (χ3v) is 11.6. The van der Waals surface area contributed by atoms with Gasteiger partial charge in [0.05, 0.1) is 48.9 Å². The molecule has 5 atom stereocenters. The van der Waals surface area contributed by atoms with E-state index >= 15 is 0 Å². The van der Waals surface area contributed by atoms with Crippen molar-refractivity contribution in [2.24, 2.45) is 22.7 Å². The summed E-state index contributed by atoms with van der Waals surface area (Å²) < 4.78 is 45.1. The number of nitrogens with one attached hydrogen (secondary N) is 1. The number of ketones is 1. The largest absolute Gasteiger partial charge is 0.494 e. The molecule has 2 aliphatic carbocycles. The number of methoxy groups -OCH3 is 1. The van der Waals surface area contributed by atoms with Crippen molar-refractivity contribution in [3.63, 3.8) is 0 Å². The van der Waals surface area contributed by atoms with Crippen LogP contribution in [0.15, 0.2) is 43.1 Å². The fourth-order valence-corrected chi connectivity index (χ4v) is 8.19. The number of carbonyl (C=O) groups excluding carboxylic acids is 4. The van der Waals surface area contributed by atoms with Crippen LogP contribution < -0.4 is 14.2 Å². The summed E-state index contributed by atoms with van der Waals surface area (Å²) in [6, 6.07) is 6.43. The van der Waals surface area contributed by atoms with Gasteiger partial charge in [-0.1, -0.05) is 45.0 Å². The van der Waals surface area contributed by atoms with Crippen molar-refractivity contribution in [2.75, 3.05) is 13.7 Å². The number of sulfonamides is 1. The molecular formula is C37H49N3O9S. The second-order valence-corrected chi connectivity index (χ2v) is 17.9. The van der Waals surface area contributed by atoms with Crippen LogP contribution in [0, 0.1) is 22.7 Å². The summed E-state index contributed by atoms with van der Waals surface area (Å²) in [7, 11) is -2.30. The third kappa shape index (κ3) is 7.98. The van der Waals surface area contributed by atoms with Crippen molar-refractivity contribution in [2.45, 2.75) is 103 Å². The van der Waals surface area contributed by atoms with Crippen molar-refractivity contribution < 1.29 is 41.8 Å². The molecule has 50 heavy (non-hydrogen) atoms. The van der Waals surface area contributed by atoms with E-state index < -0.39 is 79.3 Å². The Morgan fingerprint density at radius 1 is 1.10 bits per heavy atom. The van der Waals surface area contributed by atoms with Crippen molar-refractivity contribution >= 4 is 44.4 Å². The molecule has 13 heteroatoms. The lowest BCUT2D eigenvalue weighted by molar-refractivity contribution is -0.161. The van der Waals surface area contributed by atoms with Gasteiger partial charge in [-0.05, 0) is 57.4 Å². The SMILES string of the molecule is C=C[C@@H]1C[C@]1(CC(=O)C1CC(Oc2ncc(OC)c3ccccc23)CN1C(=O)[C@@H](CC(=O)OC(C)(C)C)C(C)(C)C)C(=O)NS(=O)(=O)C1CC1. The average molecular weight is 712 g/mol. The number of aromatic nitrogens is 1. The average Bonchev–Trinajstić information content (AvgIpc) is 3.95. The highest BCUT2D eigenvalue weighted by Gasteiger charge is 2.61. The van der Waals surface area contributed by atoms with E-state index in [4.69, 9.17) is 14.2 Å². The van der Waals surface area contributed by atoms with Crippen LogP contribution in [-0.4, -0.2) is 78.5 Å². The first kappa shape index (κ1) is 37.3. The number of hydrogen-bond donors (Lipinski definition) is 1. The van der Waals surface area contributed by atoms with Crippen LogP contribution in [0.4, 0.5) is 0 Å². The number of fused-ring (bicyclic) bond motifs is 1. The molecule has 3 aliphatic rings. The molecule has 1 saturated heterocycles. The van der Waals surface area contributed by atoms with Gasteiger partial charge >= 0.3 is 5.97 Å². The Balaban J connectivity index is 1.45. The van der Waals surface area contributed by atoms with Crippen LogP contribution in [0.5, 0.6) is 11.6 Å². The van der Waals surface area contributed by atoms with E-state index in [1.54, 1.807) is 40.2 Å². The van der Waals surface area contributed by atoms with Gasteiger partial charge in [-0.3, -0.25) is 23.9 Å². The molecule has 2 aromatic rings. The van der Waals surface area contributed by atoms with E-state index in [0.717, 1.165) is 5.39 Å². The highest BCUT2D eigenvalue weighted by atomic mass is 32.2. The van der Waals surface area contributed by atoms with E-state index in [1.807, 2.05) is 45.0 Å². The standard InChI is InChI=1S/C37H49N3O9S/c1-9-22-18-37(22,34(44)39-50(45,46)24-14-15-24)19-29(41)28-16-23(48-32-26-13-11-10-12-25(26)30(47-8)20-38-32)21-40(28)33(43)27(35(2,3)4)17-31(42)49-36(5,6)7/h9-13,20,22-24,27-28H,1,14-19,21H2,2-8H3,(H,39,44)/t22-,23?,27-,28?,37-/m1/s1. The van der Waals surface area contributed by atoms with Crippen LogP contribution in [0.25, 0.3) is 10.8 Å². The monoisotopic (exact) mass is 711 g/mol. The number of allylic oxidation sites excluding steroid dienone is 1. The number of benzene rings is 1. The minimum Gasteiger partial charge on any atom is -0.494 e. The van der Waals surface area contributed by atoms with Crippen molar-refractivity contribution in [1.29, 1.82) is 0 Å². The molecule has 0 radical (unpaired) electrons. The minimum absolute atomic E-state index is 0.0261. The molecule has 2 amide bonds. The summed E-state index contributed by atoms with van der Waals surface area (Å²) in [4.78, 5) is 61.3. The topological polar surface area (TPSA) is 158 Å². The molecule has 2 saturated carbocycles. The van der Waals surface area contributed by atoms with Gasteiger partial charge in [-0.2, -0.15) is 0 Å². The smallest absolute Gasteiger partial charge is 0.307 e. The maximum absolute atomic E-state index is 14.5. The van der Waals surface area contributed by atoms with Crippen molar-refractivity contribution in [3.05, 3.63) is 43.1 Å². The van der Waals surface area contributed by atoms with Crippen LogP contribution in [-0.2, 0) is 33.9 Å². The van der Waals surface area contributed by atoms with Gasteiger partial charge in [0.2, 0.25) is 27.7 Å². The maximum atomic E-state index is 14.5. The van der Waals surface area contributed by atoms with E-state index in [-0.39, 0.29) is 32.2 Å². The lowest BCUT2D eigenvalue weighted by atomic mass is 9.77. The molecule has 2 heterocycles. The molecular weight excluding hydrogens is 662 g/mol. The molecule has 0 bridgehead atoms. The number of amides is 2. The quantitative estimate of drug-likeness (QED) is 0.227. The second-order valence-electron chi connectivity index (χ2n) is 15.9. The summed E-state index contributed by atoms with van der Waals surface area (Å²) in [5.41, 5.74) is -2.73. The van der Waals surface area contributed by atoms with E-state index in [0.29, 0.717) is 29.9 Å². The van der Waals surface area contributed by atoms with Crippen LogP contribution in [0.3, 0.4) is 0 Å². The Bertz CT molecular complexity index is 1790. The first-order valence-corrected chi connectivity index (χ1v) is 18.7. The summed E-state index contributed by atoms with van der Waals surface area (Å²) in [5, 5.41) is 0.862. The summed E-state index contributed by atoms with van der Waals surface area (Å²) in [5.74, 6) is -2.43. The molecule has 5 rings (SSSR count). The minimum atomic E-state index is -3.85. The number of likely N-dealkylation sites (tertiary alicyclic amines) is 1. The number of carbonyl (C=O) groups is 4. The Labute approximate surface area is 294 Å². The van der Waals surface area contributed by atoms with Gasteiger partial charge in [0.1, 0.15) is 17.5 Å². The van der Waals surface area contributed by atoms with Gasteiger partial charge in [-0.25, -0.2) is 13.4 Å². The highest BCUT2D eigenvalue weighted by Crippen LogP contribution is 2.57. The first-order valence-electron chi connectivity index (χ1n) is 17.1. The normalized spacial score (nSPS) is 24.3. The number of pyridine rings is 1. The van der Waals surface area contributed by atoms with Gasteiger partial charge in [0.25, 0.3) is 0 Å². The number of nitrogens with zero attached hydrogens (tertiary/aromatic N) is 2. The zero-order valence-corrected chi connectivity index (χ0v) is 30.8. The first-order chi connectivity index (χ1) is 23.3. The summed E-state index contributed by atoms with van der Waals surface area (Å²) in [6.07, 6.45) is 3.31. The Hall–Kier alpha value is -4.00. The number of rotatable bonds is 13. The van der Waals surface area contributed by atoms with E-state index in [2.05, 4.69) is 16.3 Å². The molecule has 272 valence electrons. The zero-order valence-electron chi connectivity index (χ0n) is 30.0. The van der Waals surface area contributed by atoms with Gasteiger partial charge < -0.3 is 19.1 Å². The number of Topliss-reactive ketones (excluding diaryl/α,β-unsaturated/α-hetero) is 1. The third-order valence-electron chi connectivity index (χ3n) is 9.83. The lowest BCUT2D eigenvalue weighted by Crippen LogP contribution is -2.49. The Morgan fingerprint density at radius 2 is 1.76 bits per heavy atom. The lowest BCUT2D eigenvalue weighted by Gasteiger charge is -2.35. The number of esters is 1. The van der Waals surface area contributed by atoms with Crippen molar-refractivity contribution in [3.8, 4) is 11.6 Å². The molecule has 1 N–H and O–H groups in total. The molecule has 12 nitrogen and oxygen atoms in total. The predicted octanol–water partition coefficient (Wildman–Crippen LogP) is 4.75. The van der Waals surface area contributed by atoms with Crippen LogP contribution >= 0.6 is 0 Å². The maximum Gasteiger partial charge on any atom is 0.307 e. The second kappa shape index (κ2) is 13.6. The molecule has 0 spiro atoms. The molecule has 3 fully saturated rings. The van der Waals surface area contributed by atoms with Crippen LogP contribution in [0.1, 0.15) is 80.1 Å². The van der Waals surface area contributed by atoms with E-state index in [1.165, 1.54) is 4.90 Å². The Morgan fingerprint density at radius 3 is 2.32 bits per heavy atom. The number of hydrogen-bond acceptors (Lipinski definition) is 10. The molecule has 1 aromatic heterocycles. The highest BCUT2D eigenvalue weighted by molar-refractivity contribution is 7.90. The Kier molecular flexibility index (Phi) is 10.1. The summed E-state index contributed by atoms with van der Waals surface area (Å²) in [6.45, 7) is 14.7. The van der Waals surface area contributed by atoms with Gasteiger partial charge in [0, 0.05) is 23.6 Å². The molecule has 2 unspecified atom stereocenters. The van der Waals surface area contributed by atoms with Gasteiger partial charge in [-0.15, -0.1) is 6.58 Å². The van der Waals surface area contributed by atoms with Crippen molar-refractivity contribution in [1.82, 2.24) is 14.6 Å². The van der Waals surface area contributed by atoms with Crippen LogP contribution in [0.2, 0.25) is 0 Å². The fourth-order valence-electron chi connectivity index (χ4n) is 6.81. The number of ether oxygens (including phenoxy) is 3. The fraction of sp³-hybridized carbons (Fsp3) is 0.595. The van der Waals surface area contributed by atoms with Gasteiger partial charge in [0.15, 0.2) is 5.78 Å². The zero-order chi connectivity index (χ0) is 36.8. The van der Waals surface area contributed by atoms with E-state index in [9.17, 15) is 27.6 Å². The summed E-state index contributed by atoms with van der Waals surface area (Å²) >= 11 is 0. The molecule has 1 aromatic carbocycles. The predicted molar refractivity (Wildman–Crippen MR) is 187 cm³/mol. The molecule has 1 aliphatic heterocycles.